The third-order valence-electron chi connectivity index (χ3n) is 3.09. The third-order valence-corrected chi connectivity index (χ3v) is 3.97. The van der Waals surface area contributed by atoms with E-state index in [4.69, 9.17) is 9.40 Å². The first-order valence-electron chi connectivity index (χ1n) is 6.71. The van der Waals surface area contributed by atoms with Crippen molar-refractivity contribution in [2.45, 2.75) is 45.6 Å². The maximum Gasteiger partial charge on any atom is 0.0950 e. The molecule has 1 atom stereocenters. The molecule has 104 valence electrons. The van der Waals surface area contributed by atoms with Crippen LogP contribution in [0.2, 0.25) is 0 Å². The fourth-order valence-electron chi connectivity index (χ4n) is 1.95. The first kappa shape index (κ1) is 14.3. The molecule has 0 aromatic carbocycles. The lowest BCUT2D eigenvalue weighted by atomic mass is 9.93. The van der Waals surface area contributed by atoms with Crippen LogP contribution in [-0.4, -0.2) is 11.5 Å². The molecule has 3 nitrogen and oxygen atoms in total. The molecule has 0 spiro atoms. The summed E-state index contributed by atoms with van der Waals surface area (Å²) in [4.78, 5) is 4.76. The fourth-order valence-corrected chi connectivity index (χ4v) is 3.02. The highest BCUT2D eigenvalue weighted by Crippen LogP contribution is 2.26. The molecule has 0 saturated carbocycles. The smallest absolute Gasteiger partial charge is 0.0950 e. The Morgan fingerprint density at radius 1 is 1.42 bits per heavy atom. The van der Waals surface area contributed by atoms with E-state index in [0.29, 0.717) is 0 Å². The van der Waals surface area contributed by atoms with Gasteiger partial charge in [-0.05, 0) is 12.6 Å². The summed E-state index contributed by atoms with van der Waals surface area (Å²) in [5.41, 5.74) is 2.49. The van der Waals surface area contributed by atoms with Gasteiger partial charge in [-0.25, -0.2) is 4.98 Å². The lowest BCUT2D eigenvalue weighted by Crippen LogP contribution is -2.22. The summed E-state index contributed by atoms with van der Waals surface area (Å²) >= 11 is 1.75. The maximum atomic E-state index is 5.18. The molecular weight excluding hydrogens is 256 g/mol. The summed E-state index contributed by atoms with van der Waals surface area (Å²) in [6, 6.07) is 2.30. The lowest BCUT2D eigenvalue weighted by molar-refractivity contribution is 0.521. The maximum absolute atomic E-state index is 5.18. The predicted molar refractivity (Wildman–Crippen MR) is 79.6 cm³/mol. The van der Waals surface area contributed by atoms with Crippen LogP contribution >= 0.6 is 11.3 Å². The Morgan fingerprint density at radius 3 is 2.74 bits per heavy atom. The van der Waals surface area contributed by atoms with E-state index in [9.17, 15) is 0 Å². The van der Waals surface area contributed by atoms with Crippen LogP contribution in [0.5, 0.6) is 0 Å². The molecule has 0 radical (unpaired) electrons. The van der Waals surface area contributed by atoms with Crippen molar-refractivity contribution in [1.82, 2.24) is 10.3 Å². The van der Waals surface area contributed by atoms with Gasteiger partial charge in [0.25, 0.3) is 0 Å². The summed E-state index contributed by atoms with van der Waals surface area (Å²) in [6.07, 6.45) is 4.45. The number of furan rings is 1. The van der Waals surface area contributed by atoms with Crippen LogP contribution in [-0.2, 0) is 11.8 Å². The Hall–Kier alpha value is -1.13. The van der Waals surface area contributed by atoms with Crippen molar-refractivity contribution in [2.75, 3.05) is 6.54 Å². The first-order chi connectivity index (χ1) is 9.00. The van der Waals surface area contributed by atoms with E-state index in [2.05, 4.69) is 38.4 Å². The molecule has 1 unspecified atom stereocenters. The van der Waals surface area contributed by atoms with Crippen molar-refractivity contribution >= 4 is 11.3 Å². The average Bonchev–Trinajstić information content (AvgIpc) is 2.98. The van der Waals surface area contributed by atoms with Crippen LogP contribution in [0, 0.1) is 0 Å². The Morgan fingerprint density at radius 2 is 2.21 bits per heavy atom. The first-order valence-corrected chi connectivity index (χ1v) is 7.59. The molecule has 4 heteroatoms. The van der Waals surface area contributed by atoms with Crippen molar-refractivity contribution in [3.63, 3.8) is 0 Å². The fraction of sp³-hybridized carbons (Fsp3) is 0.533. The summed E-state index contributed by atoms with van der Waals surface area (Å²) in [6.45, 7) is 9.65. The molecule has 2 aromatic heterocycles. The van der Waals surface area contributed by atoms with E-state index in [-0.39, 0.29) is 11.5 Å². The molecule has 0 aliphatic carbocycles. The van der Waals surface area contributed by atoms with Gasteiger partial charge in [-0.2, -0.15) is 0 Å². The summed E-state index contributed by atoms with van der Waals surface area (Å²) < 4.78 is 5.18. The highest BCUT2D eigenvalue weighted by molar-refractivity contribution is 7.09. The summed E-state index contributed by atoms with van der Waals surface area (Å²) in [5, 5.41) is 6.84. The van der Waals surface area contributed by atoms with Crippen LogP contribution in [0.3, 0.4) is 0 Å². The number of likely N-dealkylation sites (N-methyl/N-ethyl adjacent to an activating group) is 1. The number of hydrogen-bond acceptors (Lipinski definition) is 4. The minimum absolute atomic E-state index is 0.123. The molecule has 0 saturated heterocycles. The Kier molecular flexibility index (Phi) is 4.42. The quantitative estimate of drug-likeness (QED) is 0.900. The second-order valence-corrected chi connectivity index (χ2v) is 6.69. The van der Waals surface area contributed by atoms with Crippen LogP contribution in [0.1, 0.15) is 50.0 Å². The van der Waals surface area contributed by atoms with E-state index in [1.54, 1.807) is 17.6 Å². The van der Waals surface area contributed by atoms with Gasteiger partial charge in [0.05, 0.1) is 23.2 Å². The average molecular weight is 278 g/mol. The van der Waals surface area contributed by atoms with E-state index in [0.717, 1.165) is 13.0 Å². The number of nitrogens with zero attached hydrogens (tertiary/aromatic N) is 1. The van der Waals surface area contributed by atoms with Crippen molar-refractivity contribution in [2.24, 2.45) is 0 Å². The zero-order valence-electron chi connectivity index (χ0n) is 12.1. The van der Waals surface area contributed by atoms with Gasteiger partial charge in [0.1, 0.15) is 0 Å². The monoisotopic (exact) mass is 278 g/mol. The lowest BCUT2D eigenvalue weighted by Gasteiger charge is -2.16. The highest BCUT2D eigenvalue weighted by Gasteiger charge is 2.19. The predicted octanol–water partition coefficient (Wildman–Crippen LogP) is 3.93. The summed E-state index contributed by atoms with van der Waals surface area (Å²) in [7, 11) is 0. The van der Waals surface area contributed by atoms with Crippen LogP contribution in [0.25, 0.3) is 0 Å². The number of aromatic nitrogens is 1. The second kappa shape index (κ2) is 5.88. The number of nitrogens with one attached hydrogen (secondary N) is 1. The Balaban J connectivity index is 2.11. The van der Waals surface area contributed by atoms with Crippen molar-refractivity contribution in [3.8, 4) is 0 Å². The molecule has 2 heterocycles. The van der Waals surface area contributed by atoms with Gasteiger partial charge in [-0.15, -0.1) is 11.3 Å². The molecule has 1 N–H and O–H groups in total. The molecule has 2 aromatic rings. The standard InChI is InChI=1S/C15H22N2OS/c1-5-16-12(11-6-7-18-9-11)8-14-17-13(10-19-14)15(2,3)4/h6-7,9-10,12,16H,5,8H2,1-4H3. The molecule has 0 aliphatic rings. The number of hydrogen-bond donors (Lipinski definition) is 1. The van der Waals surface area contributed by atoms with Crippen molar-refractivity contribution in [1.29, 1.82) is 0 Å². The van der Waals surface area contributed by atoms with Crippen molar-refractivity contribution in [3.05, 3.63) is 40.2 Å². The van der Waals surface area contributed by atoms with E-state index >= 15 is 0 Å². The molecule has 2 rings (SSSR count). The normalized spacial score (nSPS) is 13.7. The number of rotatable bonds is 5. The van der Waals surface area contributed by atoms with Crippen molar-refractivity contribution < 1.29 is 4.42 Å². The minimum Gasteiger partial charge on any atom is -0.472 e. The van der Waals surface area contributed by atoms with Gasteiger partial charge in [0, 0.05) is 28.8 Å². The zero-order chi connectivity index (χ0) is 13.9. The minimum atomic E-state index is 0.123. The third kappa shape index (κ3) is 3.67. The Labute approximate surface area is 119 Å². The largest absolute Gasteiger partial charge is 0.472 e. The van der Waals surface area contributed by atoms with E-state index in [1.165, 1.54) is 16.3 Å². The molecule has 0 amide bonds. The topological polar surface area (TPSA) is 38.1 Å². The van der Waals surface area contributed by atoms with Gasteiger partial charge in [-0.3, -0.25) is 0 Å². The molecule has 0 fully saturated rings. The highest BCUT2D eigenvalue weighted by atomic mass is 32.1. The van der Waals surface area contributed by atoms with Gasteiger partial charge in [0.15, 0.2) is 0 Å². The molecular formula is C15H22N2OS. The summed E-state index contributed by atoms with van der Waals surface area (Å²) in [5.74, 6) is 0. The molecule has 19 heavy (non-hydrogen) atoms. The van der Waals surface area contributed by atoms with E-state index in [1.807, 2.05) is 12.3 Å². The van der Waals surface area contributed by atoms with Gasteiger partial charge in [-0.1, -0.05) is 27.7 Å². The van der Waals surface area contributed by atoms with Gasteiger partial charge < -0.3 is 9.73 Å². The van der Waals surface area contributed by atoms with Crippen LogP contribution < -0.4 is 5.32 Å². The molecule has 0 aliphatic heterocycles. The molecule has 0 bridgehead atoms. The second-order valence-electron chi connectivity index (χ2n) is 5.75. The zero-order valence-corrected chi connectivity index (χ0v) is 12.9. The van der Waals surface area contributed by atoms with Crippen LogP contribution in [0.4, 0.5) is 0 Å². The van der Waals surface area contributed by atoms with Crippen LogP contribution in [0.15, 0.2) is 28.4 Å². The van der Waals surface area contributed by atoms with Gasteiger partial charge >= 0.3 is 0 Å². The number of thiazole rings is 1. The van der Waals surface area contributed by atoms with Gasteiger partial charge in [0.2, 0.25) is 0 Å². The van der Waals surface area contributed by atoms with E-state index < -0.39 is 0 Å². The Bertz CT molecular complexity index is 496. The SMILES string of the molecule is CCNC(Cc1nc(C(C)(C)C)cs1)c1ccoc1.